The Kier molecular flexibility index (Phi) is 5.70. The molecule has 0 aliphatic carbocycles. The van der Waals surface area contributed by atoms with E-state index in [1.165, 1.54) is 5.56 Å². The quantitative estimate of drug-likeness (QED) is 0.782. The van der Waals surface area contributed by atoms with Gasteiger partial charge in [-0.2, -0.15) is 11.3 Å². The minimum atomic E-state index is 0.671. The van der Waals surface area contributed by atoms with Crippen LogP contribution in [0.2, 0.25) is 5.02 Å². The van der Waals surface area contributed by atoms with Crippen LogP contribution < -0.4 is 10.1 Å². The number of ether oxygens (including phenoxy) is 1. The Morgan fingerprint density at radius 3 is 2.89 bits per heavy atom. The molecule has 2 rings (SSSR count). The number of aryl methyl sites for hydroxylation is 1. The van der Waals surface area contributed by atoms with Gasteiger partial charge in [0.15, 0.2) is 0 Å². The van der Waals surface area contributed by atoms with Gasteiger partial charge in [-0.05, 0) is 66.0 Å². The summed E-state index contributed by atoms with van der Waals surface area (Å²) in [7, 11) is 0. The maximum absolute atomic E-state index is 5.97. The summed E-state index contributed by atoms with van der Waals surface area (Å²) in [5, 5.41) is 8.45. The van der Waals surface area contributed by atoms with E-state index in [1.807, 2.05) is 25.1 Å². The Morgan fingerprint density at radius 1 is 1.26 bits per heavy atom. The van der Waals surface area contributed by atoms with Gasteiger partial charge in [0.2, 0.25) is 0 Å². The lowest BCUT2D eigenvalue weighted by Crippen LogP contribution is -2.23. The predicted octanol–water partition coefficient (Wildman–Crippen LogP) is 3.92. The number of hydrogen-bond donors (Lipinski definition) is 1. The molecule has 1 aromatic carbocycles. The highest BCUT2D eigenvalue weighted by molar-refractivity contribution is 7.07. The molecule has 102 valence electrons. The second-order valence-electron chi connectivity index (χ2n) is 4.39. The third-order valence-electron chi connectivity index (χ3n) is 2.85. The first-order chi connectivity index (χ1) is 9.25. The Bertz CT molecular complexity index is 499. The molecule has 0 atom stereocenters. The molecule has 19 heavy (non-hydrogen) atoms. The smallest absolute Gasteiger partial charge is 0.119 e. The van der Waals surface area contributed by atoms with Crippen LogP contribution in [0.1, 0.15) is 11.1 Å². The summed E-state index contributed by atoms with van der Waals surface area (Å²) >= 11 is 7.71. The van der Waals surface area contributed by atoms with E-state index in [2.05, 4.69) is 22.1 Å². The van der Waals surface area contributed by atoms with Crippen LogP contribution in [0, 0.1) is 6.92 Å². The van der Waals surface area contributed by atoms with Gasteiger partial charge in [0.05, 0.1) is 0 Å². The molecule has 0 amide bonds. The van der Waals surface area contributed by atoms with Gasteiger partial charge in [0, 0.05) is 11.6 Å². The van der Waals surface area contributed by atoms with E-state index in [4.69, 9.17) is 16.3 Å². The Hall–Kier alpha value is -1.03. The Labute approximate surface area is 123 Å². The zero-order chi connectivity index (χ0) is 13.5. The van der Waals surface area contributed by atoms with E-state index in [1.54, 1.807) is 11.3 Å². The summed E-state index contributed by atoms with van der Waals surface area (Å²) in [6.07, 6.45) is 1.07. The minimum Gasteiger partial charge on any atom is -0.492 e. The normalized spacial score (nSPS) is 10.6. The Balaban J connectivity index is 1.60. The Morgan fingerprint density at radius 2 is 2.16 bits per heavy atom. The van der Waals surface area contributed by atoms with Crippen molar-refractivity contribution in [2.24, 2.45) is 0 Å². The van der Waals surface area contributed by atoms with Gasteiger partial charge in [-0.25, -0.2) is 0 Å². The van der Waals surface area contributed by atoms with Crippen LogP contribution in [0.3, 0.4) is 0 Å². The third-order valence-corrected chi connectivity index (χ3v) is 4.00. The topological polar surface area (TPSA) is 21.3 Å². The summed E-state index contributed by atoms with van der Waals surface area (Å²) in [4.78, 5) is 0. The van der Waals surface area contributed by atoms with Gasteiger partial charge < -0.3 is 10.1 Å². The first-order valence-corrected chi connectivity index (χ1v) is 7.68. The predicted molar refractivity (Wildman–Crippen MR) is 82.6 cm³/mol. The standard InChI is InChI=1S/C15H18ClNOS/c1-12-10-14(2-3-15(12)16)18-8-7-17-6-4-13-5-9-19-11-13/h2-3,5,9-11,17H,4,6-8H2,1H3. The van der Waals surface area contributed by atoms with E-state index in [9.17, 15) is 0 Å². The lowest BCUT2D eigenvalue weighted by molar-refractivity contribution is 0.314. The molecule has 1 N–H and O–H groups in total. The van der Waals surface area contributed by atoms with Crippen molar-refractivity contribution in [3.63, 3.8) is 0 Å². The van der Waals surface area contributed by atoms with Gasteiger partial charge in [-0.3, -0.25) is 0 Å². The maximum atomic E-state index is 5.97. The number of nitrogens with one attached hydrogen (secondary N) is 1. The van der Waals surface area contributed by atoms with Crippen LogP contribution in [0.25, 0.3) is 0 Å². The zero-order valence-electron chi connectivity index (χ0n) is 11.0. The molecule has 0 unspecified atom stereocenters. The molecule has 2 aromatic rings. The van der Waals surface area contributed by atoms with Crippen LogP contribution >= 0.6 is 22.9 Å². The van der Waals surface area contributed by atoms with Crippen molar-refractivity contribution in [3.05, 3.63) is 51.2 Å². The fourth-order valence-electron chi connectivity index (χ4n) is 1.74. The second-order valence-corrected chi connectivity index (χ2v) is 5.58. The molecule has 0 spiro atoms. The van der Waals surface area contributed by atoms with Crippen molar-refractivity contribution >= 4 is 22.9 Å². The van der Waals surface area contributed by atoms with Crippen LogP contribution in [0.15, 0.2) is 35.0 Å². The van der Waals surface area contributed by atoms with Gasteiger partial charge in [-0.15, -0.1) is 0 Å². The van der Waals surface area contributed by atoms with E-state index in [0.29, 0.717) is 6.61 Å². The van der Waals surface area contributed by atoms with Crippen molar-refractivity contribution < 1.29 is 4.74 Å². The molecule has 4 heteroatoms. The van der Waals surface area contributed by atoms with Crippen LogP contribution in [0.5, 0.6) is 5.75 Å². The molecule has 2 nitrogen and oxygen atoms in total. The molecular formula is C15H18ClNOS. The van der Waals surface area contributed by atoms with Crippen molar-refractivity contribution in [3.8, 4) is 5.75 Å². The number of hydrogen-bond acceptors (Lipinski definition) is 3. The largest absolute Gasteiger partial charge is 0.492 e. The minimum absolute atomic E-state index is 0.671. The lowest BCUT2D eigenvalue weighted by atomic mass is 10.2. The van der Waals surface area contributed by atoms with Gasteiger partial charge >= 0.3 is 0 Å². The molecule has 0 saturated heterocycles. The first kappa shape index (κ1) is 14.4. The lowest BCUT2D eigenvalue weighted by Gasteiger charge is -2.08. The van der Waals surface area contributed by atoms with Crippen LogP contribution in [-0.4, -0.2) is 19.7 Å². The van der Waals surface area contributed by atoms with Gasteiger partial charge in [-0.1, -0.05) is 11.6 Å². The van der Waals surface area contributed by atoms with Crippen LogP contribution in [-0.2, 0) is 6.42 Å². The summed E-state index contributed by atoms with van der Waals surface area (Å²) < 4.78 is 5.66. The van der Waals surface area contributed by atoms with E-state index in [-0.39, 0.29) is 0 Å². The summed E-state index contributed by atoms with van der Waals surface area (Å²) in [5.74, 6) is 0.876. The monoisotopic (exact) mass is 295 g/mol. The fraction of sp³-hybridized carbons (Fsp3) is 0.333. The average molecular weight is 296 g/mol. The summed E-state index contributed by atoms with van der Waals surface area (Å²) in [6, 6.07) is 7.91. The highest BCUT2D eigenvalue weighted by atomic mass is 35.5. The van der Waals surface area contributed by atoms with E-state index < -0.39 is 0 Å². The molecule has 0 radical (unpaired) electrons. The number of rotatable bonds is 7. The zero-order valence-corrected chi connectivity index (χ0v) is 12.6. The van der Waals surface area contributed by atoms with Crippen molar-refractivity contribution in [1.29, 1.82) is 0 Å². The van der Waals surface area contributed by atoms with Crippen molar-refractivity contribution in [2.75, 3.05) is 19.7 Å². The molecule has 0 aliphatic rings. The molecule has 1 aromatic heterocycles. The number of thiophene rings is 1. The molecule has 0 aliphatic heterocycles. The third kappa shape index (κ3) is 4.86. The van der Waals surface area contributed by atoms with E-state index in [0.717, 1.165) is 35.8 Å². The molecule has 0 fully saturated rings. The molecule has 0 bridgehead atoms. The van der Waals surface area contributed by atoms with Crippen molar-refractivity contribution in [2.45, 2.75) is 13.3 Å². The van der Waals surface area contributed by atoms with Gasteiger partial charge in [0.25, 0.3) is 0 Å². The van der Waals surface area contributed by atoms with Crippen molar-refractivity contribution in [1.82, 2.24) is 5.32 Å². The molecular weight excluding hydrogens is 278 g/mol. The van der Waals surface area contributed by atoms with E-state index >= 15 is 0 Å². The second kappa shape index (κ2) is 7.53. The molecule has 0 saturated carbocycles. The summed E-state index contributed by atoms with van der Waals surface area (Å²) in [5.41, 5.74) is 2.44. The highest BCUT2D eigenvalue weighted by Crippen LogP contribution is 2.20. The maximum Gasteiger partial charge on any atom is 0.119 e. The summed E-state index contributed by atoms with van der Waals surface area (Å²) in [6.45, 7) is 4.49. The van der Waals surface area contributed by atoms with Gasteiger partial charge in [0.1, 0.15) is 12.4 Å². The molecule has 1 heterocycles. The highest BCUT2D eigenvalue weighted by Gasteiger charge is 1.98. The SMILES string of the molecule is Cc1cc(OCCNCCc2ccsc2)ccc1Cl. The number of halogens is 1. The average Bonchev–Trinajstić information content (AvgIpc) is 2.91. The number of benzene rings is 1. The van der Waals surface area contributed by atoms with Crippen LogP contribution in [0.4, 0.5) is 0 Å². The fourth-order valence-corrected chi connectivity index (χ4v) is 2.56. The first-order valence-electron chi connectivity index (χ1n) is 6.36.